The zero-order valence-electron chi connectivity index (χ0n) is 10.1. The molecular weight excluding hydrogens is 206 g/mol. The maximum Gasteiger partial charge on any atom is 0.360 e. The SMILES string of the molecule is CCOC(=O)c1ncn(CCC(C)C)c1N. The normalized spacial score (nSPS) is 10.8. The van der Waals surface area contributed by atoms with Gasteiger partial charge in [-0.05, 0) is 19.3 Å². The van der Waals surface area contributed by atoms with Crippen molar-refractivity contribution in [2.75, 3.05) is 12.3 Å². The van der Waals surface area contributed by atoms with Gasteiger partial charge in [-0.25, -0.2) is 9.78 Å². The number of hydrogen-bond acceptors (Lipinski definition) is 4. The summed E-state index contributed by atoms with van der Waals surface area (Å²) in [6.07, 6.45) is 2.59. The van der Waals surface area contributed by atoms with Crippen LogP contribution in [0.3, 0.4) is 0 Å². The van der Waals surface area contributed by atoms with E-state index in [1.807, 2.05) is 0 Å². The van der Waals surface area contributed by atoms with Crippen molar-refractivity contribution in [1.29, 1.82) is 0 Å². The van der Waals surface area contributed by atoms with Gasteiger partial charge in [0, 0.05) is 6.54 Å². The van der Waals surface area contributed by atoms with Crippen molar-refractivity contribution in [2.24, 2.45) is 5.92 Å². The highest BCUT2D eigenvalue weighted by atomic mass is 16.5. The van der Waals surface area contributed by atoms with E-state index in [2.05, 4.69) is 18.8 Å². The van der Waals surface area contributed by atoms with Crippen molar-refractivity contribution in [3.8, 4) is 0 Å². The van der Waals surface area contributed by atoms with Crippen LogP contribution in [0.2, 0.25) is 0 Å². The highest BCUT2D eigenvalue weighted by Crippen LogP contribution is 2.13. The molecule has 90 valence electrons. The Labute approximate surface area is 95.6 Å². The molecule has 1 aromatic rings. The van der Waals surface area contributed by atoms with E-state index >= 15 is 0 Å². The third-order valence-corrected chi connectivity index (χ3v) is 2.29. The van der Waals surface area contributed by atoms with Crippen molar-refractivity contribution >= 4 is 11.8 Å². The highest BCUT2D eigenvalue weighted by Gasteiger charge is 2.16. The Bertz CT molecular complexity index is 358. The summed E-state index contributed by atoms with van der Waals surface area (Å²) in [7, 11) is 0. The molecule has 0 saturated heterocycles. The number of imidazole rings is 1. The first kappa shape index (κ1) is 12.5. The lowest BCUT2D eigenvalue weighted by Gasteiger charge is -2.07. The van der Waals surface area contributed by atoms with Gasteiger partial charge in [-0.15, -0.1) is 0 Å². The van der Waals surface area contributed by atoms with E-state index in [4.69, 9.17) is 10.5 Å². The average Bonchev–Trinajstić information content (AvgIpc) is 2.57. The van der Waals surface area contributed by atoms with Gasteiger partial charge in [0.1, 0.15) is 5.82 Å². The molecule has 2 N–H and O–H groups in total. The third-order valence-electron chi connectivity index (χ3n) is 2.29. The predicted octanol–water partition coefficient (Wildman–Crippen LogP) is 1.69. The van der Waals surface area contributed by atoms with Crippen LogP contribution < -0.4 is 5.73 Å². The molecule has 0 aliphatic rings. The number of rotatable bonds is 5. The predicted molar refractivity (Wildman–Crippen MR) is 62.1 cm³/mol. The standard InChI is InChI=1S/C11H19N3O2/c1-4-16-11(15)9-10(12)14(7-13-9)6-5-8(2)3/h7-8H,4-6,12H2,1-3H3. The van der Waals surface area contributed by atoms with Gasteiger partial charge < -0.3 is 15.0 Å². The van der Waals surface area contributed by atoms with Crippen molar-refractivity contribution < 1.29 is 9.53 Å². The van der Waals surface area contributed by atoms with Crippen LogP contribution in [0.1, 0.15) is 37.7 Å². The van der Waals surface area contributed by atoms with Gasteiger partial charge in [0.25, 0.3) is 0 Å². The van der Waals surface area contributed by atoms with Crippen LogP contribution in [0, 0.1) is 5.92 Å². The lowest BCUT2D eigenvalue weighted by atomic mass is 10.1. The summed E-state index contributed by atoms with van der Waals surface area (Å²) >= 11 is 0. The van der Waals surface area contributed by atoms with Gasteiger partial charge in [0.15, 0.2) is 5.69 Å². The molecule has 1 aromatic heterocycles. The van der Waals surface area contributed by atoms with Gasteiger partial charge in [-0.1, -0.05) is 13.8 Å². The van der Waals surface area contributed by atoms with Crippen LogP contribution in [0.25, 0.3) is 0 Å². The number of nitrogen functional groups attached to an aromatic ring is 1. The highest BCUT2D eigenvalue weighted by molar-refractivity contribution is 5.92. The number of hydrogen-bond donors (Lipinski definition) is 1. The van der Waals surface area contributed by atoms with Crippen LogP contribution in [-0.4, -0.2) is 22.1 Å². The molecule has 16 heavy (non-hydrogen) atoms. The van der Waals surface area contributed by atoms with Crippen LogP contribution in [0.5, 0.6) is 0 Å². The summed E-state index contributed by atoms with van der Waals surface area (Å²) < 4.78 is 6.64. The average molecular weight is 225 g/mol. The summed E-state index contributed by atoms with van der Waals surface area (Å²) in [5, 5.41) is 0. The Kier molecular flexibility index (Phi) is 4.34. The molecule has 0 radical (unpaired) electrons. The quantitative estimate of drug-likeness (QED) is 0.774. The summed E-state index contributed by atoms with van der Waals surface area (Å²) in [5.74, 6) is 0.523. The van der Waals surface area contributed by atoms with Gasteiger partial charge in [0.2, 0.25) is 0 Å². The number of nitrogens with two attached hydrogens (primary N) is 1. The molecule has 0 aliphatic carbocycles. The first-order valence-electron chi connectivity index (χ1n) is 5.54. The summed E-state index contributed by atoms with van der Waals surface area (Å²) in [4.78, 5) is 15.4. The minimum atomic E-state index is -0.455. The molecule has 0 amide bonds. The fraction of sp³-hybridized carbons (Fsp3) is 0.636. The Morgan fingerprint density at radius 1 is 1.62 bits per heavy atom. The molecular formula is C11H19N3O2. The van der Waals surface area contributed by atoms with Gasteiger partial charge in [0.05, 0.1) is 12.9 Å². The number of esters is 1. The molecule has 0 atom stereocenters. The second-order valence-corrected chi connectivity index (χ2v) is 4.07. The smallest absolute Gasteiger partial charge is 0.360 e. The maximum absolute atomic E-state index is 11.4. The van der Waals surface area contributed by atoms with Crippen LogP contribution in [0.4, 0.5) is 5.82 Å². The number of anilines is 1. The van der Waals surface area contributed by atoms with Gasteiger partial charge in [-0.2, -0.15) is 0 Å². The molecule has 1 rings (SSSR count). The van der Waals surface area contributed by atoms with E-state index in [-0.39, 0.29) is 5.69 Å². The number of carbonyl (C=O) groups excluding carboxylic acids is 1. The van der Waals surface area contributed by atoms with Crippen LogP contribution >= 0.6 is 0 Å². The Hall–Kier alpha value is -1.52. The molecule has 0 aromatic carbocycles. The van der Waals surface area contributed by atoms with Gasteiger partial charge in [-0.3, -0.25) is 0 Å². The van der Waals surface area contributed by atoms with E-state index in [1.165, 1.54) is 0 Å². The number of ether oxygens (including phenoxy) is 1. The monoisotopic (exact) mass is 225 g/mol. The lowest BCUT2D eigenvalue weighted by molar-refractivity contribution is 0.0521. The van der Waals surface area contributed by atoms with Crippen LogP contribution in [0.15, 0.2) is 6.33 Å². The lowest BCUT2D eigenvalue weighted by Crippen LogP contribution is -2.10. The van der Waals surface area contributed by atoms with Crippen LogP contribution in [-0.2, 0) is 11.3 Å². The van der Waals surface area contributed by atoms with Crippen molar-refractivity contribution in [3.05, 3.63) is 12.0 Å². The number of carbonyl (C=O) groups is 1. The molecule has 5 nitrogen and oxygen atoms in total. The minimum absolute atomic E-state index is 0.214. The molecule has 0 saturated carbocycles. The molecule has 0 spiro atoms. The van der Waals surface area contributed by atoms with E-state index in [1.54, 1.807) is 17.8 Å². The largest absolute Gasteiger partial charge is 0.461 e. The summed E-state index contributed by atoms with van der Waals surface area (Å²) in [6, 6.07) is 0. The summed E-state index contributed by atoms with van der Waals surface area (Å²) in [6.45, 7) is 7.13. The molecule has 5 heteroatoms. The Morgan fingerprint density at radius 2 is 2.31 bits per heavy atom. The first-order valence-corrected chi connectivity index (χ1v) is 5.54. The van der Waals surface area contributed by atoms with E-state index in [9.17, 15) is 4.79 Å². The minimum Gasteiger partial charge on any atom is -0.461 e. The second-order valence-electron chi connectivity index (χ2n) is 4.07. The Morgan fingerprint density at radius 3 is 2.88 bits per heavy atom. The van der Waals surface area contributed by atoms with Gasteiger partial charge >= 0.3 is 5.97 Å². The molecule has 0 aliphatic heterocycles. The molecule has 0 fully saturated rings. The maximum atomic E-state index is 11.4. The van der Waals surface area contributed by atoms with Crippen molar-refractivity contribution in [2.45, 2.75) is 33.7 Å². The Balaban J connectivity index is 2.72. The fourth-order valence-electron chi connectivity index (χ4n) is 1.32. The zero-order chi connectivity index (χ0) is 12.1. The van der Waals surface area contributed by atoms with Crippen molar-refractivity contribution in [3.63, 3.8) is 0 Å². The number of aromatic nitrogens is 2. The molecule has 1 heterocycles. The number of nitrogens with zero attached hydrogens (tertiary/aromatic N) is 2. The summed E-state index contributed by atoms with van der Waals surface area (Å²) in [5.41, 5.74) is 6.03. The van der Waals surface area contributed by atoms with Crippen molar-refractivity contribution in [1.82, 2.24) is 9.55 Å². The first-order chi connectivity index (χ1) is 7.56. The van der Waals surface area contributed by atoms with E-state index in [0.29, 0.717) is 18.3 Å². The number of aryl methyl sites for hydroxylation is 1. The van der Waals surface area contributed by atoms with E-state index < -0.39 is 5.97 Å². The topological polar surface area (TPSA) is 70.1 Å². The zero-order valence-corrected chi connectivity index (χ0v) is 10.1. The third kappa shape index (κ3) is 2.98. The fourth-order valence-corrected chi connectivity index (χ4v) is 1.32. The molecule has 0 unspecified atom stereocenters. The van der Waals surface area contributed by atoms with E-state index in [0.717, 1.165) is 13.0 Å². The second kappa shape index (κ2) is 5.53. The molecule has 0 bridgehead atoms.